The summed E-state index contributed by atoms with van der Waals surface area (Å²) in [6.45, 7) is 0. The zero-order valence-corrected chi connectivity index (χ0v) is 14.6. The summed E-state index contributed by atoms with van der Waals surface area (Å²) >= 11 is 5.92. The number of hydrogen-bond acceptors (Lipinski definition) is 5. The normalized spacial score (nSPS) is 10.7. The van der Waals surface area contributed by atoms with Gasteiger partial charge in [-0.25, -0.2) is 0 Å². The number of nitrogens with one attached hydrogen (secondary N) is 2. The molecular formula is C18H18ClN5O. The van der Waals surface area contributed by atoms with Gasteiger partial charge in [0.25, 0.3) is 5.91 Å². The largest absolute Gasteiger partial charge is 0.398 e. The van der Waals surface area contributed by atoms with Crippen LogP contribution in [0.4, 0.5) is 22.7 Å². The van der Waals surface area contributed by atoms with E-state index in [9.17, 15) is 10.1 Å². The van der Waals surface area contributed by atoms with Crippen molar-refractivity contribution >= 4 is 40.3 Å². The molecule has 7 heteroatoms. The Morgan fingerprint density at radius 3 is 2.64 bits per heavy atom. The van der Waals surface area contributed by atoms with Gasteiger partial charge in [-0.1, -0.05) is 17.7 Å². The van der Waals surface area contributed by atoms with Crippen molar-refractivity contribution in [3.05, 3.63) is 59.3 Å². The van der Waals surface area contributed by atoms with Gasteiger partial charge in [-0.3, -0.25) is 4.79 Å². The molecule has 0 aliphatic rings. The fourth-order valence-corrected chi connectivity index (χ4v) is 2.16. The first-order valence-electron chi connectivity index (χ1n) is 7.41. The van der Waals surface area contributed by atoms with Crippen molar-refractivity contribution in [2.45, 2.75) is 0 Å². The zero-order valence-electron chi connectivity index (χ0n) is 13.9. The summed E-state index contributed by atoms with van der Waals surface area (Å²) in [6.07, 6.45) is 1.36. The Morgan fingerprint density at radius 2 is 2.00 bits per heavy atom. The molecule has 0 aliphatic heterocycles. The Hall–Kier alpha value is -3.17. The van der Waals surface area contributed by atoms with E-state index in [1.807, 2.05) is 49.3 Å². The van der Waals surface area contributed by atoms with Gasteiger partial charge in [0.1, 0.15) is 11.6 Å². The summed E-state index contributed by atoms with van der Waals surface area (Å²) < 4.78 is 0. The van der Waals surface area contributed by atoms with Gasteiger partial charge in [0.05, 0.1) is 10.7 Å². The van der Waals surface area contributed by atoms with Gasteiger partial charge >= 0.3 is 0 Å². The molecule has 0 fully saturated rings. The molecule has 0 radical (unpaired) electrons. The van der Waals surface area contributed by atoms with E-state index < -0.39 is 5.91 Å². The second-order valence-corrected chi connectivity index (χ2v) is 5.86. The number of halogens is 1. The van der Waals surface area contributed by atoms with Crippen molar-refractivity contribution in [2.24, 2.45) is 0 Å². The molecule has 2 aromatic rings. The molecular weight excluding hydrogens is 338 g/mol. The molecule has 1 amide bonds. The van der Waals surface area contributed by atoms with E-state index in [2.05, 4.69) is 10.6 Å². The zero-order chi connectivity index (χ0) is 18.4. The van der Waals surface area contributed by atoms with Crippen molar-refractivity contribution in [3.8, 4) is 6.07 Å². The molecule has 6 nitrogen and oxygen atoms in total. The number of nitrogens with zero attached hydrogens (tertiary/aromatic N) is 2. The number of amides is 1. The lowest BCUT2D eigenvalue weighted by atomic mass is 10.2. The van der Waals surface area contributed by atoms with Crippen molar-refractivity contribution in [2.75, 3.05) is 35.4 Å². The highest BCUT2D eigenvalue weighted by Gasteiger charge is 2.10. The number of carbonyl (C=O) groups is 1. The van der Waals surface area contributed by atoms with Gasteiger partial charge < -0.3 is 21.3 Å². The van der Waals surface area contributed by atoms with Crippen LogP contribution >= 0.6 is 11.6 Å². The predicted octanol–water partition coefficient (Wildman–Crippen LogP) is 3.45. The number of nitrogens with two attached hydrogens (primary N) is 1. The third-order valence-corrected chi connectivity index (χ3v) is 3.70. The van der Waals surface area contributed by atoms with Crippen molar-refractivity contribution in [1.29, 1.82) is 5.26 Å². The Morgan fingerprint density at radius 1 is 1.24 bits per heavy atom. The molecule has 0 aliphatic carbocycles. The van der Waals surface area contributed by atoms with E-state index in [4.69, 9.17) is 17.3 Å². The van der Waals surface area contributed by atoms with Crippen LogP contribution in [0.2, 0.25) is 5.02 Å². The van der Waals surface area contributed by atoms with Crippen LogP contribution in [0.15, 0.2) is 54.2 Å². The molecule has 0 unspecified atom stereocenters. The Labute approximate surface area is 151 Å². The van der Waals surface area contributed by atoms with E-state index in [0.29, 0.717) is 16.4 Å². The topological polar surface area (TPSA) is 94.2 Å². The molecule has 0 bridgehead atoms. The molecule has 0 spiro atoms. The summed E-state index contributed by atoms with van der Waals surface area (Å²) in [5.41, 5.74) is 8.20. The van der Waals surface area contributed by atoms with Gasteiger partial charge in [0.2, 0.25) is 0 Å². The van der Waals surface area contributed by atoms with Crippen LogP contribution in [0.3, 0.4) is 0 Å². The summed E-state index contributed by atoms with van der Waals surface area (Å²) in [5, 5.41) is 15.1. The lowest BCUT2D eigenvalue weighted by Gasteiger charge is -2.13. The fraction of sp³-hybridized carbons (Fsp3) is 0.111. The molecule has 2 aromatic carbocycles. The number of rotatable bonds is 5. The number of nitrogen functional groups attached to an aromatic ring is 1. The summed E-state index contributed by atoms with van der Waals surface area (Å²) in [6, 6.07) is 14.2. The number of benzene rings is 2. The van der Waals surface area contributed by atoms with Crippen LogP contribution in [0.25, 0.3) is 0 Å². The van der Waals surface area contributed by atoms with Gasteiger partial charge in [-0.15, -0.1) is 0 Å². The molecule has 0 saturated carbocycles. The minimum atomic E-state index is -0.542. The predicted molar refractivity (Wildman–Crippen MR) is 103 cm³/mol. The minimum Gasteiger partial charge on any atom is -0.398 e. The van der Waals surface area contributed by atoms with Gasteiger partial charge in [-0.05, 0) is 36.4 Å². The summed E-state index contributed by atoms with van der Waals surface area (Å²) in [4.78, 5) is 14.2. The van der Waals surface area contributed by atoms with Gasteiger partial charge in [0.15, 0.2) is 0 Å². The molecule has 0 aromatic heterocycles. The van der Waals surface area contributed by atoms with Crippen LogP contribution in [0.1, 0.15) is 0 Å². The maximum absolute atomic E-state index is 12.2. The average molecular weight is 356 g/mol. The number of anilines is 4. The van der Waals surface area contributed by atoms with E-state index in [1.165, 1.54) is 12.3 Å². The van der Waals surface area contributed by atoms with Crippen LogP contribution in [-0.2, 0) is 4.79 Å². The number of nitriles is 1. The van der Waals surface area contributed by atoms with E-state index >= 15 is 0 Å². The van der Waals surface area contributed by atoms with Crippen LogP contribution in [0.5, 0.6) is 0 Å². The second kappa shape index (κ2) is 8.08. The Bertz CT molecular complexity index is 855. The first-order chi connectivity index (χ1) is 11.9. The molecule has 4 N–H and O–H groups in total. The molecule has 25 heavy (non-hydrogen) atoms. The van der Waals surface area contributed by atoms with Gasteiger partial charge in [0, 0.05) is 37.4 Å². The third kappa shape index (κ3) is 4.90. The highest BCUT2D eigenvalue weighted by Crippen LogP contribution is 2.23. The van der Waals surface area contributed by atoms with E-state index in [1.54, 1.807) is 12.1 Å². The standard InChI is InChI=1S/C18H18ClN5O/c1-24(2)15-5-3-4-13(8-15)22-11-12(10-20)18(25)23-14-6-7-17(21)16(19)9-14/h3-9,11,22H,21H2,1-2H3,(H,23,25)/b12-11-. The summed E-state index contributed by atoms with van der Waals surface area (Å²) in [7, 11) is 3.86. The average Bonchev–Trinajstić information content (AvgIpc) is 2.59. The molecule has 0 saturated heterocycles. The smallest absolute Gasteiger partial charge is 0.267 e. The lowest BCUT2D eigenvalue weighted by molar-refractivity contribution is -0.112. The molecule has 0 heterocycles. The SMILES string of the molecule is CN(C)c1cccc(N/C=C(/C#N)C(=O)Nc2ccc(N)c(Cl)c2)c1. The monoisotopic (exact) mass is 355 g/mol. The minimum absolute atomic E-state index is 0.0665. The number of carbonyl (C=O) groups excluding carboxylic acids is 1. The molecule has 128 valence electrons. The fourth-order valence-electron chi connectivity index (χ4n) is 1.98. The van der Waals surface area contributed by atoms with Crippen molar-refractivity contribution in [1.82, 2.24) is 0 Å². The Kier molecular flexibility index (Phi) is 5.88. The number of hydrogen-bond donors (Lipinski definition) is 3. The molecule has 2 rings (SSSR count). The second-order valence-electron chi connectivity index (χ2n) is 5.45. The summed E-state index contributed by atoms with van der Waals surface area (Å²) in [5.74, 6) is -0.542. The van der Waals surface area contributed by atoms with Crippen molar-refractivity contribution < 1.29 is 4.79 Å². The molecule has 0 atom stereocenters. The van der Waals surface area contributed by atoms with Crippen LogP contribution in [-0.4, -0.2) is 20.0 Å². The van der Waals surface area contributed by atoms with Crippen molar-refractivity contribution in [3.63, 3.8) is 0 Å². The Balaban J connectivity index is 2.11. The lowest BCUT2D eigenvalue weighted by Crippen LogP contribution is -2.14. The highest BCUT2D eigenvalue weighted by molar-refractivity contribution is 6.33. The van der Waals surface area contributed by atoms with Crippen LogP contribution < -0.4 is 21.3 Å². The van der Waals surface area contributed by atoms with Crippen LogP contribution in [0, 0.1) is 11.3 Å². The highest BCUT2D eigenvalue weighted by atomic mass is 35.5. The van der Waals surface area contributed by atoms with E-state index in [-0.39, 0.29) is 5.57 Å². The maximum atomic E-state index is 12.2. The third-order valence-electron chi connectivity index (χ3n) is 3.37. The van der Waals surface area contributed by atoms with Gasteiger partial charge in [-0.2, -0.15) is 5.26 Å². The first kappa shape index (κ1) is 18.2. The van der Waals surface area contributed by atoms with E-state index in [0.717, 1.165) is 11.4 Å². The first-order valence-corrected chi connectivity index (χ1v) is 7.79. The quantitative estimate of drug-likeness (QED) is 0.434. The maximum Gasteiger partial charge on any atom is 0.267 e.